The zero-order valence-electron chi connectivity index (χ0n) is 14.6. The molecule has 1 N–H and O–H groups in total. The maximum Gasteiger partial charge on any atom is 0.159 e. The van der Waals surface area contributed by atoms with Crippen LogP contribution < -0.4 is 5.32 Å². The number of thiophene rings is 1. The van der Waals surface area contributed by atoms with Gasteiger partial charge in [0.15, 0.2) is 11.6 Å². The lowest BCUT2D eigenvalue weighted by Crippen LogP contribution is -2.06. The van der Waals surface area contributed by atoms with Gasteiger partial charge in [0.25, 0.3) is 0 Å². The van der Waals surface area contributed by atoms with E-state index in [0.29, 0.717) is 0 Å². The topological polar surface area (TPSA) is 63.6 Å². The van der Waals surface area contributed by atoms with Crippen LogP contribution >= 0.6 is 11.3 Å². The van der Waals surface area contributed by atoms with Crippen molar-refractivity contribution in [1.29, 1.82) is 0 Å². The lowest BCUT2D eigenvalue weighted by Gasteiger charge is -2.06. The monoisotopic (exact) mass is 383 g/mol. The number of benzene rings is 1. The Hall–Kier alpha value is -2.74. The molecular formula is C19H15F2N5S. The Balaban J connectivity index is 1.49. The number of nitrogens with one attached hydrogen (secondary N) is 1. The maximum absolute atomic E-state index is 13.5. The molecule has 5 rings (SSSR count). The predicted octanol–water partition coefficient (Wildman–Crippen LogP) is 4.50. The summed E-state index contributed by atoms with van der Waals surface area (Å²) < 4.78 is 27.6. The van der Waals surface area contributed by atoms with Crippen molar-refractivity contribution in [3.05, 3.63) is 53.0 Å². The minimum atomic E-state index is -0.821. The number of anilines is 1. The minimum absolute atomic E-state index is 0.132. The molecule has 0 radical (unpaired) electrons. The van der Waals surface area contributed by atoms with Crippen molar-refractivity contribution in [3.63, 3.8) is 0 Å². The quantitative estimate of drug-likeness (QED) is 0.564. The largest absolute Gasteiger partial charge is 0.365 e. The first-order chi connectivity index (χ1) is 13.0. The van der Waals surface area contributed by atoms with Crippen LogP contribution in [-0.4, -0.2) is 26.2 Å². The van der Waals surface area contributed by atoms with Crippen molar-refractivity contribution in [1.82, 2.24) is 20.2 Å². The Kier molecular flexibility index (Phi) is 3.58. The first-order valence-corrected chi connectivity index (χ1v) is 9.43. The van der Waals surface area contributed by atoms with Crippen molar-refractivity contribution in [2.45, 2.75) is 32.2 Å². The number of nitrogens with zero attached hydrogens (tertiary/aromatic N) is 4. The molecule has 5 nitrogen and oxygen atoms in total. The molecule has 3 aromatic heterocycles. The van der Waals surface area contributed by atoms with Crippen molar-refractivity contribution in [2.75, 3.05) is 5.32 Å². The summed E-state index contributed by atoms with van der Waals surface area (Å²) in [6.07, 6.45) is 2.39. The molecule has 1 saturated carbocycles. The van der Waals surface area contributed by atoms with Gasteiger partial charge in [0.2, 0.25) is 0 Å². The normalized spacial score (nSPS) is 19.0. The van der Waals surface area contributed by atoms with Gasteiger partial charge >= 0.3 is 0 Å². The van der Waals surface area contributed by atoms with Crippen LogP contribution in [0.4, 0.5) is 14.6 Å². The molecule has 3 heterocycles. The number of hydrogen-bond donors (Lipinski definition) is 1. The summed E-state index contributed by atoms with van der Waals surface area (Å²) in [4.78, 5) is 9.70. The number of aryl methyl sites for hydroxylation is 2. The summed E-state index contributed by atoms with van der Waals surface area (Å²) in [6, 6.07) is 4.23. The fourth-order valence-electron chi connectivity index (χ4n) is 3.43. The van der Waals surface area contributed by atoms with Gasteiger partial charge in [0, 0.05) is 17.3 Å². The van der Waals surface area contributed by atoms with Crippen LogP contribution in [0, 0.1) is 25.5 Å². The van der Waals surface area contributed by atoms with Gasteiger partial charge in [0.1, 0.15) is 17.0 Å². The van der Waals surface area contributed by atoms with E-state index in [-0.39, 0.29) is 12.0 Å². The van der Waals surface area contributed by atoms with Gasteiger partial charge in [-0.2, -0.15) is 5.10 Å². The highest BCUT2D eigenvalue weighted by atomic mass is 32.1. The molecule has 0 amide bonds. The number of hydrogen-bond acceptors (Lipinski definition) is 6. The van der Waals surface area contributed by atoms with Crippen molar-refractivity contribution < 1.29 is 8.78 Å². The Morgan fingerprint density at radius 3 is 2.78 bits per heavy atom. The highest BCUT2D eigenvalue weighted by Gasteiger charge is 2.39. The third kappa shape index (κ3) is 2.63. The zero-order valence-corrected chi connectivity index (χ0v) is 15.4. The molecule has 136 valence electrons. The predicted molar refractivity (Wildman–Crippen MR) is 101 cm³/mol. The van der Waals surface area contributed by atoms with E-state index >= 15 is 0 Å². The van der Waals surface area contributed by atoms with E-state index in [4.69, 9.17) is 0 Å². The molecule has 4 aromatic rings. The van der Waals surface area contributed by atoms with E-state index in [2.05, 4.69) is 25.5 Å². The Morgan fingerprint density at radius 1 is 1.11 bits per heavy atom. The van der Waals surface area contributed by atoms with Gasteiger partial charge in [-0.05, 0) is 43.5 Å². The molecule has 0 aliphatic heterocycles. The molecule has 0 bridgehead atoms. The first-order valence-electron chi connectivity index (χ1n) is 8.61. The van der Waals surface area contributed by atoms with Gasteiger partial charge in [-0.1, -0.05) is 6.07 Å². The van der Waals surface area contributed by atoms with E-state index in [0.717, 1.165) is 49.5 Å². The highest BCUT2D eigenvalue weighted by Crippen LogP contribution is 2.45. The lowest BCUT2D eigenvalue weighted by molar-refractivity contribution is 0.507. The standard InChI is InChI=1S/C19H15F2N5S/c1-8-9(2)25-26-19-15(8)16-17(27-19)18(23-7-22-16)24-14-6-11(14)10-3-4-12(20)13(21)5-10/h3-5,7,11,14H,6H2,1-2H3,(H,22,23,24). The van der Waals surface area contributed by atoms with E-state index in [1.807, 2.05) is 13.8 Å². The van der Waals surface area contributed by atoms with Crippen LogP contribution in [0.2, 0.25) is 0 Å². The summed E-state index contributed by atoms with van der Waals surface area (Å²) in [7, 11) is 0. The molecule has 1 aromatic carbocycles. The van der Waals surface area contributed by atoms with E-state index in [1.54, 1.807) is 12.4 Å². The second kappa shape index (κ2) is 5.88. The van der Waals surface area contributed by atoms with Crippen LogP contribution in [0.15, 0.2) is 24.5 Å². The van der Waals surface area contributed by atoms with Crippen molar-refractivity contribution in [2.24, 2.45) is 0 Å². The number of fused-ring (bicyclic) bond motifs is 3. The Bertz CT molecular complexity index is 1210. The van der Waals surface area contributed by atoms with E-state index < -0.39 is 11.6 Å². The molecule has 1 fully saturated rings. The van der Waals surface area contributed by atoms with Crippen LogP contribution in [0.3, 0.4) is 0 Å². The molecule has 2 unspecified atom stereocenters. The second-order valence-electron chi connectivity index (χ2n) is 6.86. The lowest BCUT2D eigenvalue weighted by atomic mass is 10.1. The number of aromatic nitrogens is 4. The molecule has 27 heavy (non-hydrogen) atoms. The average molecular weight is 383 g/mol. The summed E-state index contributed by atoms with van der Waals surface area (Å²) in [5.41, 5.74) is 3.62. The van der Waals surface area contributed by atoms with E-state index in [1.165, 1.54) is 23.5 Å². The van der Waals surface area contributed by atoms with Gasteiger partial charge in [-0.25, -0.2) is 18.7 Å². The van der Waals surface area contributed by atoms with Crippen LogP contribution in [-0.2, 0) is 0 Å². The molecule has 1 aliphatic rings. The molecule has 0 saturated heterocycles. The number of rotatable bonds is 3. The Morgan fingerprint density at radius 2 is 1.96 bits per heavy atom. The minimum Gasteiger partial charge on any atom is -0.365 e. The molecule has 8 heteroatoms. The van der Waals surface area contributed by atoms with Gasteiger partial charge in [-0.15, -0.1) is 16.4 Å². The third-order valence-corrected chi connectivity index (χ3v) is 6.22. The summed E-state index contributed by atoms with van der Waals surface area (Å²) in [5.74, 6) is -0.742. The fraction of sp³-hybridized carbons (Fsp3) is 0.263. The van der Waals surface area contributed by atoms with Crippen LogP contribution in [0.1, 0.15) is 29.2 Å². The second-order valence-corrected chi connectivity index (χ2v) is 7.86. The van der Waals surface area contributed by atoms with Crippen molar-refractivity contribution in [3.8, 4) is 0 Å². The van der Waals surface area contributed by atoms with Crippen LogP contribution in [0.5, 0.6) is 0 Å². The first kappa shape index (κ1) is 16.4. The van der Waals surface area contributed by atoms with Gasteiger partial charge in [0.05, 0.1) is 15.9 Å². The van der Waals surface area contributed by atoms with E-state index in [9.17, 15) is 8.78 Å². The van der Waals surface area contributed by atoms with Crippen LogP contribution in [0.25, 0.3) is 20.4 Å². The zero-order chi connectivity index (χ0) is 18.7. The molecular weight excluding hydrogens is 368 g/mol. The summed E-state index contributed by atoms with van der Waals surface area (Å²) >= 11 is 1.51. The fourth-order valence-corrected chi connectivity index (χ4v) is 4.51. The SMILES string of the molecule is Cc1nnc2sc3c(NC4CC4c4ccc(F)c(F)c4)ncnc3c2c1C. The highest BCUT2D eigenvalue weighted by molar-refractivity contribution is 7.25. The third-order valence-electron chi connectivity index (χ3n) is 5.15. The van der Waals surface area contributed by atoms with Crippen molar-refractivity contribution >= 4 is 37.6 Å². The Labute approximate surface area is 157 Å². The summed E-state index contributed by atoms with van der Waals surface area (Å²) in [6.45, 7) is 3.95. The molecule has 0 spiro atoms. The number of halogens is 2. The molecule has 1 aliphatic carbocycles. The molecule has 2 atom stereocenters. The van der Waals surface area contributed by atoms with Gasteiger partial charge in [-0.3, -0.25) is 0 Å². The summed E-state index contributed by atoms with van der Waals surface area (Å²) in [5, 5.41) is 12.9. The average Bonchev–Trinajstić information content (AvgIpc) is 3.30. The smallest absolute Gasteiger partial charge is 0.159 e. The maximum atomic E-state index is 13.5. The van der Waals surface area contributed by atoms with Gasteiger partial charge < -0.3 is 5.32 Å².